The summed E-state index contributed by atoms with van der Waals surface area (Å²) in [5.41, 5.74) is 2.82. The van der Waals surface area contributed by atoms with Crippen LogP contribution in [0.2, 0.25) is 0 Å². The third kappa shape index (κ3) is 4.38. The zero-order valence-electron chi connectivity index (χ0n) is 24.7. The molecule has 9 heteroatoms. The predicted octanol–water partition coefficient (Wildman–Crippen LogP) is 5.48. The van der Waals surface area contributed by atoms with Crippen LogP contribution in [0, 0.1) is 25.1 Å². The fourth-order valence-corrected chi connectivity index (χ4v) is 8.29. The van der Waals surface area contributed by atoms with E-state index in [2.05, 4.69) is 21.0 Å². The molecule has 0 radical (unpaired) electrons. The lowest BCUT2D eigenvalue weighted by Crippen LogP contribution is -2.51. The van der Waals surface area contributed by atoms with Crippen molar-refractivity contribution in [3.63, 3.8) is 0 Å². The molecule has 4 aliphatic rings. The molecule has 1 aromatic heterocycles. The number of phenolic OH excluding ortho intramolecular Hbond substituents is 1. The van der Waals surface area contributed by atoms with E-state index in [1.807, 2.05) is 19.1 Å². The van der Waals surface area contributed by atoms with Crippen LogP contribution >= 0.6 is 0 Å². The molecule has 4 atom stereocenters. The van der Waals surface area contributed by atoms with Gasteiger partial charge in [-0.1, -0.05) is 18.1 Å². The van der Waals surface area contributed by atoms with Gasteiger partial charge in [0.25, 0.3) is 0 Å². The van der Waals surface area contributed by atoms with Gasteiger partial charge in [-0.15, -0.1) is 6.42 Å². The summed E-state index contributed by atoms with van der Waals surface area (Å²) in [4.78, 5) is 14.5. The Morgan fingerprint density at radius 3 is 2.73 bits per heavy atom. The first-order chi connectivity index (χ1) is 21.3. The highest BCUT2D eigenvalue weighted by Crippen LogP contribution is 2.42. The smallest absolute Gasteiger partial charge is 0.319 e. The first-order valence-corrected chi connectivity index (χ1v) is 15.6. The van der Waals surface area contributed by atoms with Gasteiger partial charge in [-0.3, -0.25) is 4.90 Å². The number of aryl methyl sites for hydroxylation is 1. The molecule has 0 aliphatic carbocycles. The van der Waals surface area contributed by atoms with Crippen molar-refractivity contribution in [1.82, 2.24) is 20.2 Å². The number of ether oxygens (including phenoxy) is 1. The Balaban J connectivity index is 1.28. The van der Waals surface area contributed by atoms with Crippen molar-refractivity contribution >= 4 is 27.5 Å². The van der Waals surface area contributed by atoms with Crippen LogP contribution in [0.1, 0.15) is 43.2 Å². The second-order valence-corrected chi connectivity index (χ2v) is 13.0. The molecule has 226 valence electrons. The average Bonchev–Trinajstić information content (AvgIpc) is 3.66. The number of hydrogen-bond acceptors (Lipinski definition) is 7. The molecule has 3 aromatic carbocycles. The number of anilines is 1. The molecule has 0 saturated carbocycles. The Hall–Kier alpha value is -4.00. The SMILES string of the molecule is C#Cc1c(F)ccc2cc(O)cc(-c3ccc4c(N5CC6CCC(C5)N6)nc(OC[C@@]56CCCN5C[C@H](F)C6)nc4c3C)c12. The number of rotatable bonds is 5. The molecule has 2 unspecified atom stereocenters. The third-order valence-electron chi connectivity index (χ3n) is 10.3. The first kappa shape index (κ1) is 27.5. The van der Waals surface area contributed by atoms with E-state index in [0.717, 1.165) is 73.2 Å². The quantitative estimate of drug-likeness (QED) is 0.296. The number of nitrogens with zero attached hydrogens (tertiary/aromatic N) is 4. The van der Waals surface area contributed by atoms with E-state index in [0.29, 0.717) is 48.0 Å². The second-order valence-electron chi connectivity index (χ2n) is 13.0. The van der Waals surface area contributed by atoms with Gasteiger partial charge in [-0.05, 0) is 85.5 Å². The topological polar surface area (TPSA) is 73.8 Å². The number of piperazine rings is 1. The van der Waals surface area contributed by atoms with Crippen LogP contribution in [-0.4, -0.2) is 76.6 Å². The number of terminal acetylenes is 1. The first-order valence-electron chi connectivity index (χ1n) is 15.6. The molecule has 0 spiro atoms. The van der Waals surface area contributed by atoms with Gasteiger partial charge >= 0.3 is 6.01 Å². The van der Waals surface area contributed by atoms with Gasteiger partial charge in [0.15, 0.2) is 0 Å². The molecule has 5 heterocycles. The van der Waals surface area contributed by atoms with E-state index in [1.165, 1.54) is 6.07 Å². The number of fused-ring (bicyclic) bond motifs is 5. The Morgan fingerprint density at radius 2 is 1.93 bits per heavy atom. The van der Waals surface area contributed by atoms with Gasteiger partial charge in [0.05, 0.1) is 16.6 Å². The molecule has 4 saturated heterocycles. The number of alkyl halides is 1. The predicted molar refractivity (Wildman–Crippen MR) is 167 cm³/mol. The van der Waals surface area contributed by atoms with Gasteiger partial charge in [0, 0.05) is 48.9 Å². The zero-order valence-corrected chi connectivity index (χ0v) is 24.7. The zero-order chi connectivity index (χ0) is 30.2. The molecule has 2 N–H and O–H groups in total. The molecular formula is C35H35F2N5O2. The Bertz CT molecular complexity index is 1850. The lowest BCUT2D eigenvalue weighted by atomic mass is 9.91. The minimum atomic E-state index is -0.844. The molecule has 44 heavy (non-hydrogen) atoms. The highest BCUT2D eigenvalue weighted by atomic mass is 19.1. The summed E-state index contributed by atoms with van der Waals surface area (Å²) in [6, 6.07) is 11.3. The van der Waals surface area contributed by atoms with Gasteiger partial charge in [0.2, 0.25) is 0 Å². The van der Waals surface area contributed by atoms with E-state index in [-0.39, 0.29) is 22.9 Å². The summed E-state index contributed by atoms with van der Waals surface area (Å²) in [6.45, 7) is 5.34. The number of benzene rings is 3. The molecule has 2 bridgehead atoms. The minimum absolute atomic E-state index is 0.0633. The summed E-state index contributed by atoms with van der Waals surface area (Å²) >= 11 is 0. The van der Waals surface area contributed by atoms with E-state index in [4.69, 9.17) is 21.1 Å². The highest BCUT2D eigenvalue weighted by molar-refractivity contribution is 6.05. The molecule has 4 fully saturated rings. The highest BCUT2D eigenvalue weighted by Gasteiger charge is 2.49. The summed E-state index contributed by atoms with van der Waals surface area (Å²) in [5, 5.41) is 16.5. The van der Waals surface area contributed by atoms with E-state index in [9.17, 15) is 13.9 Å². The minimum Gasteiger partial charge on any atom is -0.508 e. The van der Waals surface area contributed by atoms with E-state index >= 15 is 0 Å². The van der Waals surface area contributed by atoms with Crippen molar-refractivity contribution in [1.29, 1.82) is 0 Å². The molecule has 0 amide bonds. The average molecular weight is 596 g/mol. The van der Waals surface area contributed by atoms with Gasteiger partial charge < -0.3 is 20.1 Å². The van der Waals surface area contributed by atoms with Gasteiger partial charge in [-0.25, -0.2) is 8.78 Å². The standard InChI is InChI=1S/C35H35F2N5O2/c1-3-26-30(37)10-5-21-13-25(43)14-29(31(21)26)27-8-9-28-32(20(27)2)39-34(40-33(28)41-17-23-6-7-24(18-41)38-23)44-19-35-11-4-12-42(35)16-22(36)15-35/h1,5,8-10,13-14,22-24,38,43H,4,6-7,11-12,15-19H2,2H3/t22-,23?,24?,35+/m1/s1. The maximum Gasteiger partial charge on any atom is 0.319 e. The largest absolute Gasteiger partial charge is 0.508 e. The molecule has 7 nitrogen and oxygen atoms in total. The van der Waals surface area contributed by atoms with E-state index in [1.54, 1.807) is 18.2 Å². The second kappa shape index (κ2) is 10.3. The van der Waals surface area contributed by atoms with Crippen molar-refractivity contribution in [3.05, 3.63) is 53.3 Å². The lowest BCUT2D eigenvalue weighted by molar-refractivity contribution is 0.107. The van der Waals surface area contributed by atoms with Crippen LogP contribution in [0.4, 0.5) is 14.6 Å². The van der Waals surface area contributed by atoms with Crippen molar-refractivity contribution in [2.75, 3.05) is 37.7 Å². The molecule has 8 rings (SSSR count). The summed E-state index contributed by atoms with van der Waals surface area (Å²) in [7, 11) is 0. The van der Waals surface area contributed by atoms with Crippen LogP contribution in [0.3, 0.4) is 0 Å². The number of aromatic nitrogens is 2. The normalized spacial score (nSPS) is 26.4. The number of phenols is 1. The maximum atomic E-state index is 14.9. The molecule has 4 aliphatic heterocycles. The lowest BCUT2D eigenvalue weighted by Gasteiger charge is -2.35. The Labute approximate surface area is 255 Å². The monoisotopic (exact) mass is 595 g/mol. The molecule has 4 aromatic rings. The van der Waals surface area contributed by atoms with Crippen LogP contribution in [0.25, 0.3) is 32.8 Å². The van der Waals surface area contributed by atoms with Crippen molar-refractivity contribution in [2.45, 2.75) is 62.8 Å². The van der Waals surface area contributed by atoms with Crippen LogP contribution in [-0.2, 0) is 0 Å². The third-order valence-corrected chi connectivity index (χ3v) is 10.3. The number of nitrogens with one attached hydrogen (secondary N) is 1. The fourth-order valence-electron chi connectivity index (χ4n) is 8.29. The van der Waals surface area contributed by atoms with Crippen molar-refractivity contribution < 1.29 is 18.6 Å². The number of aromatic hydroxyl groups is 1. The summed E-state index contributed by atoms with van der Waals surface area (Å²) < 4.78 is 35.8. The van der Waals surface area contributed by atoms with Gasteiger partial charge in [0.1, 0.15) is 30.2 Å². The molecular weight excluding hydrogens is 560 g/mol. The van der Waals surface area contributed by atoms with Crippen LogP contribution in [0.15, 0.2) is 36.4 Å². The fraction of sp³-hybridized carbons (Fsp3) is 0.429. The van der Waals surface area contributed by atoms with Crippen molar-refractivity contribution in [2.24, 2.45) is 0 Å². The Morgan fingerprint density at radius 1 is 1.11 bits per heavy atom. The number of hydrogen-bond donors (Lipinski definition) is 2. The van der Waals surface area contributed by atoms with E-state index < -0.39 is 12.0 Å². The Kier molecular flexibility index (Phi) is 6.44. The summed E-state index contributed by atoms with van der Waals surface area (Å²) in [6.07, 6.45) is 9.61. The number of halogens is 2. The van der Waals surface area contributed by atoms with Gasteiger partial charge in [-0.2, -0.15) is 9.97 Å². The summed E-state index contributed by atoms with van der Waals surface area (Å²) in [5.74, 6) is 2.92. The maximum absolute atomic E-state index is 14.9. The van der Waals surface area contributed by atoms with Crippen molar-refractivity contribution in [3.8, 4) is 35.2 Å². The van der Waals surface area contributed by atoms with Crippen LogP contribution < -0.4 is 15.0 Å². The van der Waals surface area contributed by atoms with Crippen LogP contribution in [0.5, 0.6) is 11.8 Å².